The van der Waals surface area contributed by atoms with Crippen LogP contribution in [0.25, 0.3) is 0 Å². The molecule has 0 atom stereocenters. The maximum absolute atomic E-state index is 12.6. The summed E-state index contributed by atoms with van der Waals surface area (Å²) >= 11 is 0. The summed E-state index contributed by atoms with van der Waals surface area (Å²) in [5, 5.41) is 2.85. The normalized spacial score (nSPS) is 17.0. The van der Waals surface area contributed by atoms with Crippen LogP contribution in [0.2, 0.25) is 0 Å². The van der Waals surface area contributed by atoms with Crippen molar-refractivity contribution in [2.24, 2.45) is 0 Å². The summed E-state index contributed by atoms with van der Waals surface area (Å²) in [5.74, 6) is 0.872. The molecule has 4 rings (SSSR count). The van der Waals surface area contributed by atoms with Gasteiger partial charge in [0.25, 0.3) is 11.8 Å². The Morgan fingerprint density at radius 2 is 1.69 bits per heavy atom. The average molecular weight is 349 g/mol. The topological polar surface area (TPSA) is 62.3 Å². The number of anilines is 1. The molecule has 1 aromatic heterocycles. The number of piperidine rings is 1. The van der Waals surface area contributed by atoms with E-state index in [-0.39, 0.29) is 11.8 Å². The lowest BCUT2D eigenvalue weighted by atomic mass is 10.1. The van der Waals surface area contributed by atoms with E-state index in [0.717, 1.165) is 31.6 Å². The highest BCUT2D eigenvalue weighted by Gasteiger charge is 2.25. The van der Waals surface area contributed by atoms with Crippen molar-refractivity contribution in [2.75, 3.05) is 18.4 Å². The van der Waals surface area contributed by atoms with Crippen LogP contribution >= 0.6 is 0 Å². The Kier molecular flexibility index (Phi) is 4.69. The molecule has 2 amide bonds. The largest absolute Gasteiger partial charge is 0.339 e. The van der Waals surface area contributed by atoms with Crippen LogP contribution in [-0.4, -0.2) is 34.8 Å². The summed E-state index contributed by atoms with van der Waals surface area (Å²) in [6, 6.07) is 12.7. The lowest BCUT2D eigenvalue weighted by Gasteiger charge is -2.26. The third-order valence-electron chi connectivity index (χ3n) is 5.02. The predicted octanol–water partition coefficient (Wildman–Crippen LogP) is 3.84. The Morgan fingerprint density at radius 3 is 2.46 bits per heavy atom. The van der Waals surface area contributed by atoms with Gasteiger partial charge in [0, 0.05) is 35.8 Å². The van der Waals surface area contributed by atoms with Gasteiger partial charge in [-0.15, -0.1) is 0 Å². The molecule has 134 valence electrons. The van der Waals surface area contributed by atoms with Crippen molar-refractivity contribution in [1.82, 2.24) is 9.88 Å². The summed E-state index contributed by atoms with van der Waals surface area (Å²) < 4.78 is 0. The van der Waals surface area contributed by atoms with Gasteiger partial charge >= 0.3 is 0 Å². The highest BCUT2D eigenvalue weighted by Crippen LogP contribution is 2.39. The minimum Gasteiger partial charge on any atom is -0.339 e. The first kappa shape index (κ1) is 16.8. The van der Waals surface area contributed by atoms with Crippen LogP contribution in [-0.2, 0) is 0 Å². The number of amides is 2. The standard InChI is InChI=1S/C21H23N3O2/c25-20(23-19-9-5-8-18(22-19)15-10-11-15)16-6-4-7-17(14-16)21(26)24-12-2-1-3-13-24/h4-9,14-15H,1-3,10-13H2,(H,22,23,25). The monoisotopic (exact) mass is 349 g/mol. The van der Waals surface area contributed by atoms with Gasteiger partial charge in [-0.25, -0.2) is 4.98 Å². The fourth-order valence-electron chi connectivity index (χ4n) is 3.39. The Labute approximate surface area is 153 Å². The lowest BCUT2D eigenvalue weighted by Crippen LogP contribution is -2.35. The molecule has 1 aliphatic carbocycles. The van der Waals surface area contributed by atoms with Crippen LogP contribution in [0, 0.1) is 0 Å². The highest BCUT2D eigenvalue weighted by atomic mass is 16.2. The van der Waals surface area contributed by atoms with Crippen molar-refractivity contribution in [3.8, 4) is 0 Å². The number of benzene rings is 1. The van der Waals surface area contributed by atoms with Crippen molar-refractivity contribution >= 4 is 17.6 Å². The molecule has 1 saturated carbocycles. The smallest absolute Gasteiger partial charge is 0.256 e. The number of aromatic nitrogens is 1. The first-order valence-corrected chi connectivity index (χ1v) is 9.38. The second-order valence-corrected chi connectivity index (χ2v) is 7.11. The van der Waals surface area contributed by atoms with E-state index in [0.29, 0.717) is 22.9 Å². The van der Waals surface area contributed by atoms with Gasteiger partial charge in [0.1, 0.15) is 5.82 Å². The quantitative estimate of drug-likeness (QED) is 0.912. The molecule has 5 nitrogen and oxygen atoms in total. The van der Waals surface area contributed by atoms with Gasteiger partial charge in [-0.1, -0.05) is 12.1 Å². The van der Waals surface area contributed by atoms with Crippen molar-refractivity contribution in [2.45, 2.75) is 38.0 Å². The molecule has 0 unspecified atom stereocenters. The molecular weight excluding hydrogens is 326 g/mol. The van der Waals surface area contributed by atoms with Crippen LogP contribution in [0.5, 0.6) is 0 Å². The van der Waals surface area contributed by atoms with Crippen LogP contribution in [0.15, 0.2) is 42.5 Å². The van der Waals surface area contributed by atoms with E-state index in [4.69, 9.17) is 0 Å². The Hall–Kier alpha value is -2.69. The van der Waals surface area contributed by atoms with Gasteiger partial charge in [0.05, 0.1) is 0 Å². The number of carbonyl (C=O) groups is 2. The maximum atomic E-state index is 12.6. The summed E-state index contributed by atoms with van der Waals surface area (Å²) in [4.78, 5) is 31.6. The summed E-state index contributed by atoms with van der Waals surface area (Å²) in [6.45, 7) is 1.60. The molecule has 2 aliphatic rings. The molecule has 0 bridgehead atoms. The van der Waals surface area contributed by atoms with Gasteiger partial charge < -0.3 is 10.2 Å². The van der Waals surface area contributed by atoms with Crippen LogP contribution in [0.3, 0.4) is 0 Å². The van der Waals surface area contributed by atoms with Crippen LogP contribution < -0.4 is 5.32 Å². The summed E-state index contributed by atoms with van der Waals surface area (Å²) in [7, 11) is 0. The maximum Gasteiger partial charge on any atom is 0.256 e. The van der Waals surface area contributed by atoms with E-state index in [1.54, 1.807) is 30.3 Å². The molecule has 1 saturated heterocycles. The van der Waals surface area contributed by atoms with E-state index in [2.05, 4.69) is 10.3 Å². The number of nitrogens with zero attached hydrogens (tertiary/aromatic N) is 2. The molecule has 2 fully saturated rings. The van der Waals surface area contributed by atoms with E-state index >= 15 is 0 Å². The fourth-order valence-corrected chi connectivity index (χ4v) is 3.39. The molecule has 1 aromatic carbocycles. The van der Waals surface area contributed by atoms with Crippen molar-refractivity contribution in [1.29, 1.82) is 0 Å². The zero-order valence-corrected chi connectivity index (χ0v) is 14.8. The second-order valence-electron chi connectivity index (χ2n) is 7.11. The first-order valence-electron chi connectivity index (χ1n) is 9.38. The van der Waals surface area contributed by atoms with Gasteiger partial charge in [0.15, 0.2) is 0 Å². The Balaban J connectivity index is 1.47. The van der Waals surface area contributed by atoms with Crippen LogP contribution in [0.4, 0.5) is 5.82 Å². The highest BCUT2D eigenvalue weighted by molar-refractivity contribution is 6.05. The molecular formula is C21H23N3O2. The summed E-state index contributed by atoms with van der Waals surface area (Å²) in [5.41, 5.74) is 2.09. The number of pyridine rings is 1. The van der Waals surface area contributed by atoms with Gasteiger partial charge in [-0.2, -0.15) is 0 Å². The Bertz CT molecular complexity index is 824. The molecule has 5 heteroatoms. The Morgan fingerprint density at radius 1 is 0.962 bits per heavy atom. The zero-order valence-electron chi connectivity index (χ0n) is 14.8. The van der Waals surface area contributed by atoms with Crippen LogP contribution in [0.1, 0.15) is 64.4 Å². The van der Waals surface area contributed by atoms with Gasteiger partial charge in [-0.3, -0.25) is 9.59 Å². The molecule has 0 radical (unpaired) electrons. The van der Waals surface area contributed by atoms with Gasteiger partial charge in [0.2, 0.25) is 0 Å². The number of carbonyl (C=O) groups excluding carboxylic acids is 2. The number of hydrogen-bond donors (Lipinski definition) is 1. The molecule has 26 heavy (non-hydrogen) atoms. The van der Waals surface area contributed by atoms with Crippen molar-refractivity contribution in [3.05, 3.63) is 59.3 Å². The molecule has 2 aromatic rings. The minimum absolute atomic E-state index is 0.00760. The summed E-state index contributed by atoms with van der Waals surface area (Å²) in [6.07, 6.45) is 5.62. The number of nitrogens with one attached hydrogen (secondary N) is 1. The zero-order chi connectivity index (χ0) is 17.9. The lowest BCUT2D eigenvalue weighted by molar-refractivity contribution is 0.0724. The molecule has 0 spiro atoms. The molecule has 2 heterocycles. The predicted molar refractivity (Wildman–Crippen MR) is 100 cm³/mol. The van der Waals surface area contributed by atoms with E-state index in [9.17, 15) is 9.59 Å². The minimum atomic E-state index is -0.237. The first-order chi connectivity index (χ1) is 12.7. The second kappa shape index (κ2) is 7.28. The third-order valence-corrected chi connectivity index (χ3v) is 5.02. The number of hydrogen-bond acceptors (Lipinski definition) is 3. The van der Waals surface area contributed by atoms with E-state index < -0.39 is 0 Å². The van der Waals surface area contributed by atoms with Crippen molar-refractivity contribution < 1.29 is 9.59 Å². The molecule has 1 aliphatic heterocycles. The SMILES string of the molecule is O=C(Nc1cccc(C2CC2)n1)c1cccc(C(=O)N2CCCCC2)c1. The third kappa shape index (κ3) is 3.77. The van der Waals surface area contributed by atoms with Crippen molar-refractivity contribution in [3.63, 3.8) is 0 Å². The van der Waals surface area contributed by atoms with Gasteiger partial charge in [-0.05, 0) is 62.4 Å². The fraction of sp³-hybridized carbons (Fsp3) is 0.381. The number of rotatable bonds is 4. The molecule has 1 N–H and O–H groups in total. The average Bonchev–Trinajstić information content (AvgIpc) is 3.54. The van der Waals surface area contributed by atoms with E-state index in [1.165, 1.54) is 19.3 Å². The number of likely N-dealkylation sites (tertiary alicyclic amines) is 1. The van der Waals surface area contributed by atoms with E-state index in [1.807, 2.05) is 17.0 Å².